The zero-order valence-electron chi connectivity index (χ0n) is 6.84. The van der Waals surface area contributed by atoms with Crippen molar-refractivity contribution in [2.24, 2.45) is 5.73 Å². The Morgan fingerprint density at radius 3 is 2.82 bits per heavy atom. The Morgan fingerprint density at radius 2 is 2.36 bits per heavy atom. The maximum absolute atomic E-state index is 10.8. The number of hydrogen-bond acceptors (Lipinski definition) is 3. The topological polar surface area (TPSA) is 75.3 Å². The molecular formula is C7H16N2O2. The van der Waals surface area contributed by atoms with Crippen molar-refractivity contribution < 1.29 is 9.90 Å². The van der Waals surface area contributed by atoms with Crippen molar-refractivity contribution in [3.63, 3.8) is 0 Å². The highest BCUT2D eigenvalue weighted by Crippen LogP contribution is 1.84. The third-order valence-corrected chi connectivity index (χ3v) is 1.36. The fourth-order valence-electron chi connectivity index (χ4n) is 0.613. The molecule has 0 aliphatic rings. The van der Waals surface area contributed by atoms with Gasteiger partial charge in [0.05, 0.1) is 0 Å². The minimum atomic E-state index is -1.05. The second kappa shape index (κ2) is 6.12. The summed E-state index contributed by atoms with van der Waals surface area (Å²) < 4.78 is 0. The van der Waals surface area contributed by atoms with Crippen molar-refractivity contribution in [2.75, 3.05) is 13.1 Å². The first-order valence-electron chi connectivity index (χ1n) is 3.88. The van der Waals surface area contributed by atoms with Gasteiger partial charge in [0.2, 0.25) is 5.91 Å². The molecule has 0 saturated carbocycles. The first-order chi connectivity index (χ1) is 5.22. The van der Waals surface area contributed by atoms with E-state index in [0.29, 0.717) is 6.54 Å². The average molecular weight is 160 g/mol. The number of rotatable bonds is 5. The molecule has 0 radical (unpaired) electrons. The first kappa shape index (κ1) is 10.4. The summed E-state index contributed by atoms with van der Waals surface area (Å²) in [7, 11) is 0. The molecule has 0 fully saturated rings. The molecule has 0 saturated heterocycles. The number of nitrogens with two attached hydrogens (primary N) is 1. The van der Waals surface area contributed by atoms with Crippen LogP contribution < -0.4 is 11.1 Å². The summed E-state index contributed by atoms with van der Waals surface area (Å²) in [6.45, 7) is 2.63. The molecule has 0 aliphatic heterocycles. The summed E-state index contributed by atoms with van der Waals surface area (Å²) in [4.78, 5) is 10.8. The molecule has 0 heterocycles. The Bertz CT molecular complexity index is 117. The fraction of sp³-hybridized carbons (Fsp3) is 0.857. The maximum Gasteiger partial charge on any atom is 0.250 e. The third kappa shape index (κ3) is 4.75. The van der Waals surface area contributed by atoms with Gasteiger partial charge in [-0.25, -0.2) is 0 Å². The van der Waals surface area contributed by atoms with E-state index in [-0.39, 0.29) is 12.5 Å². The SMILES string of the molecule is CCCCNC(=O)C(O)CN. The number of unbranched alkanes of at least 4 members (excludes halogenated alkanes) is 1. The van der Waals surface area contributed by atoms with Gasteiger partial charge in [0.15, 0.2) is 0 Å². The van der Waals surface area contributed by atoms with E-state index in [4.69, 9.17) is 10.8 Å². The number of carbonyl (C=O) groups is 1. The van der Waals surface area contributed by atoms with Crippen LogP contribution in [0.4, 0.5) is 0 Å². The molecule has 1 atom stereocenters. The summed E-state index contributed by atoms with van der Waals surface area (Å²) in [6.07, 6.45) is 0.911. The highest BCUT2D eigenvalue weighted by Gasteiger charge is 2.10. The van der Waals surface area contributed by atoms with Crippen molar-refractivity contribution >= 4 is 5.91 Å². The van der Waals surface area contributed by atoms with Gasteiger partial charge in [0.1, 0.15) is 6.10 Å². The highest BCUT2D eigenvalue weighted by molar-refractivity contribution is 5.80. The quantitative estimate of drug-likeness (QED) is 0.462. The minimum absolute atomic E-state index is 0.0159. The Morgan fingerprint density at radius 1 is 1.73 bits per heavy atom. The number of amides is 1. The van der Waals surface area contributed by atoms with E-state index in [1.165, 1.54) is 0 Å². The molecule has 4 N–H and O–H groups in total. The Labute approximate surface area is 66.8 Å². The van der Waals surface area contributed by atoms with Crippen LogP contribution in [0.15, 0.2) is 0 Å². The van der Waals surface area contributed by atoms with E-state index in [0.717, 1.165) is 12.8 Å². The lowest BCUT2D eigenvalue weighted by molar-refractivity contribution is -0.128. The van der Waals surface area contributed by atoms with Crippen LogP contribution in [0.2, 0.25) is 0 Å². The van der Waals surface area contributed by atoms with Gasteiger partial charge in [-0.2, -0.15) is 0 Å². The number of hydrogen-bond donors (Lipinski definition) is 3. The van der Waals surface area contributed by atoms with Crippen molar-refractivity contribution in [3.05, 3.63) is 0 Å². The molecule has 0 aromatic rings. The molecule has 11 heavy (non-hydrogen) atoms. The van der Waals surface area contributed by atoms with E-state index in [9.17, 15) is 4.79 Å². The largest absolute Gasteiger partial charge is 0.382 e. The molecule has 0 aromatic heterocycles. The lowest BCUT2D eigenvalue weighted by Crippen LogP contribution is -2.39. The van der Waals surface area contributed by atoms with Crippen LogP contribution in [0.1, 0.15) is 19.8 Å². The van der Waals surface area contributed by atoms with E-state index < -0.39 is 6.10 Å². The van der Waals surface area contributed by atoms with Gasteiger partial charge in [0.25, 0.3) is 0 Å². The predicted octanol–water partition coefficient (Wildman–Crippen LogP) is -0.778. The summed E-state index contributed by atoms with van der Waals surface area (Å²) in [5.74, 6) is -0.374. The Kier molecular flexibility index (Phi) is 5.78. The monoisotopic (exact) mass is 160 g/mol. The molecule has 66 valence electrons. The van der Waals surface area contributed by atoms with Gasteiger partial charge in [-0.1, -0.05) is 13.3 Å². The van der Waals surface area contributed by atoms with Crippen LogP contribution in [-0.2, 0) is 4.79 Å². The summed E-state index contributed by atoms with van der Waals surface area (Å²) in [6, 6.07) is 0. The number of carbonyl (C=O) groups excluding carboxylic acids is 1. The van der Waals surface area contributed by atoms with Gasteiger partial charge in [-0.15, -0.1) is 0 Å². The van der Waals surface area contributed by atoms with E-state index in [1.807, 2.05) is 6.92 Å². The van der Waals surface area contributed by atoms with E-state index in [2.05, 4.69) is 5.32 Å². The Balaban J connectivity index is 3.36. The van der Waals surface area contributed by atoms with Gasteiger partial charge in [-0.3, -0.25) is 4.79 Å². The molecule has 1 amide bonds. The predicted molar refractivity (Wildman–Crippen MR) is 43.0 cm³/mol. The first-order valence-corrected chi connectivity index (χ1v) is 3.88. The molecule has 0 spiro atoms. The van der Waals surface area contributed by atoms with Crippen LogP contribution in [0.3, 0.4) is 0 Å². The lowest BCUT2D eigenvalue weighted by atomic mass is 10.3. The number of aliphatic hydroxyl groups is 1. The summed E-state index contributed by atoms with van der Waals surface area (Å²) >= 11 is 0. The second-order valence-corrected chi connectivity index (χ2v) is 2.40. The maximum atomic E-state index is 10.8. The second-order valence-electron chi connectivity index (χ2n) is 2.40. The zero-order valence-corrected chi connectivity index (χ0v) is 6.84. The van der Waals surface area contributed by atoms with Crippen LogP contribution in [0.5, 0.6) is 0 Å². The summed E-state index contributed by atoms with van der Waals surface area (Å²) in [5.41, 5.74) is 5.07. The number of nitrogens with one attached hydrogen (secondary N) is 1. The molecule has 4 nitrogen and oxygen atoms in total. The minimum Gasteiger partial charge on any atom is -0.382 e. The van der Waals surface area contributed by atoms with Gasteiger partial charge in [-0.05, 0) is 6.42 Å². The average Bonchev–Trinajstić information content (AvgIpc) is 2.03. The van der Waals surface area contributed by atoms with Crippen molar-refractivity contribution in [2.45, 2.75) is 25.9 Å². The summed E-state index contributed by atoms with van der Waals surface area (Å²) in [5, 5.41) is 11.5. The van der Waals surface area contributed by atoms with Gasteiger partial charge >= 0.3 is 0 Å². The van der Waals surface area contributed by atoms with Crippen LogP contribution in [0.25, 0.3) is 0 Å². The Hall–Kier alpha value is -0.610. The molecule has 0 rings (SSSR count). The zero-order chi connectivity index (χ0) is 8.69. The molecule has 0 aliphatic carbocycles. The third-order valence-electron chi connectivity index (χ3n) is 1.36. The molecule has 1 unspecified atom stereocenters. The number of aliphatic hydroxyl groups excluding tert-OH is 1. The van der Waals surface area contributed by atoms with Crippen molar-refractivity contribution in [1.82, 2.24) is 5.32 Å². The van der Waals surface area contributed by atoms with Crippen LogP contribution in [-0.4, -0.2) is 30.2 Å². The molecule has 0 aromatic carbocycles. The highest BCUT2D eigenvalue weighted by atomic mass is 16.3. The molecular weight excluding hydrogens is 144 g/mol. The van der Waals surface area contributed by atoms with Crippen LogP contribution in [0, 0.1) is 0 Å². The van der Waals surface area contributed by atoms with Gasteiger partial charge < -0.3 is 16.2 Å². The van der Waals surface area contributed by atoms with Crippen molar-refractivity contribution in [3.8, 4) is 0 Å². The fourth-order valence-corrected chi connectivity index (χ4v) is 0.613. The van der Waals surface area contributed by atoms with Crippen molar-refractivity contribution in [1.29, 1.82) is 0 Å². The lowest BCUT2D eigenvalue weighted by Gasteiger charge is -2.07. The molecule has 0 bridgehead atoms. The van der Waals surface area contributed by atoms with E-state index >= 15 is 0 Å². The van der Waals surface area contributed by atoms with Gasteiger partial charge in [0, 0.05) is 13.1 Å². The smallest absolute Gasteiger partial charge is 0.250 e. The van der Waals surface area contributed by atoms with Crippen LogP contribution >= 0.6 is 0 Å². The standard InChI is InChI=1S/C7H16N2O2/c1-2-3-4-9-7(11)6(10)5-8/h6,10H,2-5,8H2,1H3,(H,9,11). The van der Waals surface area contributed by atoms with E-state index in [1.54, 1.807) is 0 Å². The molecule has 4 heteroatoms. The normalized spacial score (nSPS) is 12.6.